The quantitative estimate of drug-likeness (QED) is 0.235. The van der Waals surface area contributed by atoms with Crippen LogP contribution in [0.4, 0.5) is 4.79 Å². The van der Waals surface area contributed by atoms with Gasteiger partial charge in [0.15, 0.2) is 5.78 Å². The summed E-state index contributed by atoms with van der Waals surface area (Å²) in [5.74, 6) is -1.08. The molecule has 42 heavy (non-hydrogen) atoms. The Hall–Kier alpha value is -3.92. The van der Waals surface area contributed by atoms with E-state index >= 15 is 0 Å². The van der Waals surface area contributed by atoms with E-state index in [4.69, 9.17) is 9.47 Å². The summed E-state index contributed by atoms with van der Waals surface area (Å²) in [7, 11) is 0. The maximum absolute atomic E-state index is 13.6. The smallest absolute Gasteiger partial charge is 0.408 e. The van der Waals surface area contributed by atoms with Crippen LogP contribution >= 0.6 is 0 Å². The van der Waals surface area contributed by atoms with Crippen LogP contribution in [-0.4, -0.2) is 59.1 Å². The number of phenolic OH excluding ortho intramolecular Hbond substituents is 1. The van der Waals surface area contributed by atoms with Gasteiger partial charge in [-0.25, -0.2) is 4.79 Å². The van der Waals surface area contributed by atoms with Gasteiger partial charge in [0, 0.05) is 0 Å². The molecule has 1 fully saturated rings. The van der Waals surface area contributed by atoms with Crippen molar-refractivity contribution in [1.82, 2.24) is 16.0 Å². The van der Waals surface area contributed by atoms with Gasteiger partial charge >= 0.3 is 6.09 Å². The van der Waals surface area contributed by atoms with E-state index in [2.05, 4.69) is 16.0 Å². The summed E-state index contributed by atoms with van der Waals surface area (Å²) in [5.41, 5.74) is 0.585. The summed E-state index contributed by atoms with van der Waals surface area (Å²) in [6, 6.07) is 12.8. The monoisotopic (exact) mass is 581 g/mol. The average Bonchev–Trinajstić information content (AvgIpc) is 3.69. The predicted molar refractivity (Wildman–Crippen MR) is 157 cm³/mol. The third-order valence-corrected chi connectivity index (χ3v) is 6.98. The number of epoxide rings is 1. The number of amides is 3. The second kappa shape index (κ2) is 14.8. The van der Waals surface area contributed by atoms with Crippen molar-refractivity contribution in [3.05, 3.63) is 65.7 Å². The Kier molecular flexibility index (Phi) is 11.5. The number of ether oxygens (including phenoxy) is 2. The number of ketones is 1. The van der Waals surface area contributed by atoms with E-state index in [-0.39, 0.29) is 43.0 Å². The minimum Gasteiger partial charge on any atom is -0.508 e. The largest absolute Gasteiger partial charge is 0.508 e. The highest BCUT2D eigenvalue weighted by atomic mass is 16.6. The van der Waals surface area contributed by atoms with Gasteiger partial charge in [0.05, 0.1) is 12.6 Å². The zero-order chi connectivity index (χ0) is 30.9. The van der Waals surface area contributed by atoms with Gasteiger partial charge in [0.25, 0.3) is 0 Å². The van der Waals surface area contributed by atoms with Crippen LogP contribution in [-0.2, 0) is 36.9 Å². The van der Waals surface area contributed by atoms with Crippen LogP contribution in [0.1, 0.15) is 58.6 Å². The molecule has 1 saturated heterocycles. The number of Topliss-reactive ketones (excluding diaryl/α,β-unsaturated/α-hetero) is 1. The molecule has 1 heterocycles. The normalized spacial score (nSPS) is 18.1. The molecule has 1 aliphatic rings. The number of rotatable bonds is 15. The third-order valence-electron chi connectivity index (χ3n) is 6.98. The first kappa shape index (κ1) is 32.6. The number of phenols is 1. The van der Waals surface area contributed by atoms with Gasteiger partial charge in [-0.3, -0.25) is 14.4 Å². The maximum atomic E-state index is 13.6. The SMILES string of the molecule is CC(C)C[C@H](NC(=O)[C@@H](CC(C)C)NC(=O)OCc1ccccc1)C(=O)N[C@@H](Cc1ccc(O)cc1)C(=O)C1(C)CO1. The van der Waals surface area contributed by atoms with Crippen molar-refractivity contribution in [1.29, 1.82) is 0 Å². The van der Waals surface area contributed by atoms with E-state index in [1.807, 2.05) is 58.0 Å². The van der Waals surface area contributed by atoms with E-state index in [0.717, 1.165) is 11.1 Å². The Morgan fingerprint density at radius 1 is 0.810 bits per heavy atom. The van der Waals surface area contributed by atoms with E-state index in [1.165, 1.54) is 12.1 Å². The van der Waals surface area contributed by atoms with Crippen molar-refractivity contribution in [2.75, 3.05) is 6.61 Å². The molecule has 0 aliphatic carbocycles. The van der Waals surface area contributed by atoms with E-state index in [9.17, 15) is 24.3 Å². The second-order valence-corrected chi connectivity index (χ2v) is 11.9. The lowest BCUT2D eigenvalue weighted by Crippen LogP contribution is -2.57. The number of hydrogen-bond donors (Lipinski definition) is 4. The number of hydrogen-bond acceptors (Lipinski definition) is 7. The van der Waals surface area contributed by atoms with Crippen LogP contribution in [0.15, 0.2) is 54.6 Å². The second-order valence-electron chi connectivity index (χ2n) is 11.9. The molecule has 0 bridgehead atoms. The van der Waals surface area contributed by atoms with E-state index in [0.29, 0.717) is 12.8 Å². The van der Waals surface area contributed by atoms with Crippen molar-refractivity contribution in [2.45, 2.75) is 84.2 Å². The van der Waals surface area contributed by atoms with E-state index < -0.39 is 41.6 Å². The fourth-order valence-corrected chi connectivity index (χ4v) is 4.55. The van der Waals surface area contributed by atoms with Crippen molar-refractivity contribution >= 4 is 23.7 Å². The number of benzene rings is 2. The Labute approximate surface area is 247 Å². The highest BCUT2D eigenvalue weighted by Crippen LogP contribution is 2.29. The molecule has 2 aromatic rings. The molecule has 3 rings (SSSR count). The molecule has 4 N–H and O–H groups in total. The minimum atomic E-state index is -0.974. The number of alkyl carbamates (subject to hydrolysis) is 1. The summed E-state index contributed by atoms with van der Waals surface area (Å²) >= 11 is 0. The van der Waals surface area contributed by atoms with Crippen LogP contribution in [0.2, 0.25) is 0 Å². The molecule has 228 valence electrons. The molecule has 0 aromatic heterocycles. The molecule has 0 radical (unpaired) electrons. The number of aromatic hydroxyl groups is 1. The Morgan fingerprint density at radius 2 is 1.33 bits per heavy atom. The first-order valence-corrected chi connectivity index (χ1v) is 14.4. The zero-order valence-electron chi connectivity index (χ0n) is 25.0. The molecule has 0 saturated carbocycles. The minimum absolute atomic E-state index is 0.0453. The van der Waals surface area contributed by atoms with Gasteiger partial charge < -0.3 is 30.5 Å². The molecule has 4 atom stereocenters. The first-order valence-electron chi connectivity index (χ1n) is 14.4. The van der Waals surface area contributed by atoms with Crippen LogP contribution in [0.25, 0.3) is 0 Å². The Balaban J connectivity index is 1.71. The molecule has 1 aliphatic heterocycles. The lowest BCUT2D eigenvalue weighted by molar-refractivity contribution is -0.133. The number of carbonyl (C=O) groups excluding carboxylic acids is 4. The first-order chi connectivity index (χ1) is 19.9. The number of carbonyl (C=O) groups is 4. The Morgan fingerprint density at radius 3 is 1.86 bits per heavy atom. The van der Waals surface area contributed by atoms with Gasteiger partial charge in [0.2, 0.25) is 11.8 Å². The van der Waals surface area contributed by atoms with Gasteiger partial charge in [-0.15, -0.1) is 0 Å². The fourth-order valence-electron chi connectivity index (χ4n) is 4.55. The van der Waals surface area contributed by atoms with Crippen molar-refractivity contribution in [3.63, 3.8) is 0 Å². The highest BCUT2D eigenvalue weighted by molar-refractivity contribution is 5.98. The van der Waals surface area contributed by atoms with Crippen molar-refractivity contribution in [3.8, 4) is 5.75 Å². The molecular formula is C32H43N3O7. The van der Waals surface area contributed by atoms with Crippen LogP contribution in [0.3, 0.4) is 0 Å². The fraction of sp³-hybridized carbons (Fsp3) is 0.500. The maximum Gasteiger partial charge on any atom is 0.408 e. The molecule has 10 nitrogen and oxygen atoms in total. The predicted octanol–water partition coefficient (Wildman–Crippen LogP) is 3.65. The summed E-state index contributed by atoms with van der Waals surface area (Å²) in [4.78, 5) is 52.8. The van der Waals surface area contributed by atoms with Crippen molar-refractivity contribution in [2.24, 2.45) is 11.8 Å². The molecule has 2 aromatic carbocycles. The summed E-state index contributed by atoms with van der Waals surface area (Å²) in [5, 5.41) is 17.9. The van der Waals surface area contributed by atoms with Crippen LogP contribution in [0, 0.1) is 11.8 Å². The van der Waals surface area contributed by atoms with Gasteiger partial charge in [-0.05, 0) is 61.3 Å². The molecular weight excluding hydrogens is 538 g/mol. The lowest BCUT2D eigenvalue weighted by atomic mass is 9.94. The third kappa shape index (κ3) is 10.2. The molecule has 1 unspecified atom stereocenters. The van der Waals surface area contributed by atoms with Gasteiger partial charge in [-0.1, -0.05) is 70.2 Å². The summed E-state index contributed by atoms with van der Waals surface area (Å²) in [6.07, 6.45) is 0.108. The van der Waals surface area contributed by atoms with E-state index in [1.54, 1.807) is 19.1 Å². The zero-order valence-corrected chi connectivity index (χ0v) is 25.0. The summed E-state index contributed by atoms with van der Waals surface area (Å²) in [6.45, 7) is 9.71. The lowest BCUT2D eigenvalue weighted by Gasteiger charge is -2.27. The summed E-state index contributed by atoms with van der Waals surface area (Å²) < 4.78 is 10.7. The highest BCUT2D eigenvalue weighted by Gasteiger charge is 2.50. The topological polar surface area (TPSA) is 146 Å². The van der Waals surface area contributed by atoms with Crippen LogP contribution in [0.5, 0.6) is 5.75 Å². The van der Waals surface area contributed by atoms with Gasteiger partial charge in [0.1, 0.15) is 30.0 Å². The molecule has 0 spiro atoms. The van der Waals surface area contributed by atoms with Crippen molar-refractivity contribution < 1.29 is 33.8 Å². The Bertz CT molecular complexity index is 1210. The van der Waals surface area contributed by atoms with Gasteiger partial charge in [-0.2, -0.15) is 0 Å². The number of nitrogens with one attached hydrogen (secondary N) is 3. The van der Waals surface area contributed by atoms with Crippen LogP contribution < -0.4 is 16.0 Å². The molecule has 10 heteroatoms. The average molecular weight is 582 g/mol. The standard InChI is InChI=1S/C32H43N3O7/c1-20(2)15-26(29(38)33-25(28(37)32(5)19-42-32)17-22-11-13-24(36)14-12-22)34-30(39)27(16-21(3)4)35-31(40)41-18-23-9-7-6-8-10-23/h6-14,20-21,25-27,36H,15-19H2,1-5H3,(H,33,38)(H,34,39)(H,35,40)/t25-,26-,27+,32?/m0/s1. The molecule has 3 amide bonds.